The van der Waals surface area contributed by atoms with Crippen LogP contribution in [0.25, 0.3) is 0 Å². The van der Waals surface area contributed by atoms with Gasteiger partial charge in [-0.05, 0) is 42.3 Å². The molecule has 5 nitrogen and oxygen atoms in total. The standard InChI is InChI=1S/C18H19ClN2O3/c1-3-10-24-17-11-13(8-9-16(17)23-2)12-20-21-18(22)14-6-4-5-7-15(14)19/h4-9,11-12H,3,10H2,1-2H3,(H,21,22)/b20-12-. The summed E-state index contributed by atoms with van der Waals surface area (Å²) >= 11 is 5.97. The first-order chi connectivity index (χ1) is 11.7. The van der Waals surface area contributed by atoms with Gasteiger partial charge in [-0.15, -0.1) is 0 Å². The number of carbonyl (C=O) groups is 1. The van der Waals surface area contributed by atoms with Crippen LogP contribution < -0.4 is 14.9 Å². The van der Waals surface area contributed by atoms with E-state index in [1.165, 1.54) is 6.21 Å². The molecular weight excluding hydrogens is 328 g/mol. The summed E-state index contributed by atoms with van der Waals surface area (Å²) in [6.45, 7) is 2.63. The molecule has 0 aliphatic rings. The Bertz CT molecular complexity index is 732. The minimum Gasteiger partial charge on any atom is -0.493 e. The van der Waals surface area contributed by atoms with E-state index in [9.17, 15) is 4.79 Å². The zero-order valence-corrected chi connectivity index (χ0v) is 14.3. The summed E-state index contributed by atoms with van der Waals surface area (Å²) in [5.74, 6) is 0.925. The molecule has 1 N–H and O–H groups in total. The highest BCUT2D eigenvalue weighted by atomic mass is 35.5. The van der Waals surface area contributed by atoms with E-state index in [1.807, 2.05) is 13.0 Å². The Labute approximate surface area is 146 Å². The largest absolute Gasteiger partial charge is 0.493 e. The molecule has 0 saturated heterocycles. The number of hydrogen-bond acceptors (Lipinski definition) is 4. The van der Waals surface area contributed by atoms with Gasteiger partial charge in [0.1, 0.15) is 0 Å². The van der Waals surface area contributed by atoms with E-state index in [-0.39, 0.29) is 5.91 Å². The summed E-state index contributed by atoms with van der Waals surface area (Å²) in [5.41, 5.74) is 3.61. The van der Waals surface area contributed by atoms with Crippen molar-refractivity contribution in [3.63, 3.8) is 0 Å². The Kier molecular flexibility index (Phi) is 6.63. The van der Waals surface area contributed by atoms with Crippen molar-refractivity contribution in [3.05, 3.63) is 58.6 Å². The lowest BCUT2D eigenvalue weighted by Crippen LogP contribution is -2.17. The van der Waals surface area contributed by atoms with Crippen LogP contribution in [0, 0.1) is 0 Å². The Hall–Kier alpha value is -2.53. The fraction of sp³-hybridized carbons (Fsp3) is 0.222. The lowest BCUT2D eigenvalue weighted by Gasteiger charge is -2.10. The highest BCUT2D eigenvalue weighted by molar-refractivity contribution is 6.33. The van der Waals surface area contributed by atoms with Crippen LogP contribution in [0.5, 0.6) is 11.5 Å². The van der Waals surface area contributed by atoms with Gasteiger partial charge in [-0.25, -0.2) is 5.43 Å². The lowest BCUT2D eigenvalue weighted by atomic mass is 10.2. The van der Waals surface area contributed by atoms with Crippen molar-refractivity contribution in [2.45, 2.75) is 13.3 Å². The fourth-order valence-electron chi connectivity index (χ4n) is 1.97. The van der Waals surface area contributed by atoms with E-state index in [4.69, 9.17) is 21.1 Å². The molecule has 24 heavy (non-hydrogen) atoms. The molecule has 0 spiro atoms. The summed E-state index contributed by atoms with van der Waals surface area (Å²) < 4.78 is 10.9. The second-order valence-electron chi connectivity index (χ2n) is 4.94. The highest BCUT2D eigenvalue weighted by Crippen LogP contribution is 2.27. The first-order valence-corrected chi connectivity index (χ1v) is 7.92. The van der Waals surface area contributed by atoms with E-state index >= 15 is 0 Å². The SMILES string of the molecule is CCCOc1cc(/C=N\NC(=O)c2ccccc2Cl)ccc1OC. The number of halogens is 1. The number of rotatable bonds is 7. The van der Waals surface area contributed by atoms with Gasteiger partial charge >= 0.3 is 0 Å². The van der Waals surface area contributed by atoms with Crippen LogP contribution in [0.4, 0.5) is 0 Å². The second-order valence-corrected chi connectivity index (χ2v) is 5.34. The number of methoxy groups -OCH3 is 1. The van der Waals surface area contributed by atoms with E-state index in [1.54, 1.807) is 43.5 Å². The first kappa shape index (κ1) is 17.8. The van der Waals surface area contributed by atoms with Crippen LogP contribution in [0.3, 0.4) is 0 Å². The Morgan fingerprint density at radius 3 is 2.75 bits per heavy atom. The predicted molar refractivity (Wildman–Crippen MR) is 95.3 cm³/mol. The first-order valence-electron chi connectivity index (χ1n) is 7.54. The van der Waals surface area contributed by atoms with Crippen LogP contribution in [0.2, 0.25) is 5.02 Å². The average Bonchev–Trinajstić information content (AvgIpc) is 2.60. The van der Waals surface area contributed by atoms with Crippen molar-refractivity contribution in [1.29, 1.82) is 0 Å². The van der Waals surface area contributed by atoms with E-state index in [0.29, 0.717) is 28.7 Å². The number of hydrogen-bond donors (Lipinski definition) is 1. The average molecular weight is 347 g/mol. The topological polar surface area (TPSA) is 59.9 Å². The van der Waals surface area contributed by atoms with Gasteiger partial charge in [0.25, 0.3) is 5.91 Å². The maximum Gasteiger partial charge on any atom is 0.272 e. The number of ether oxygens (including phenoxy) is 2. The molecule has 0 fully saturated rings. The van der Waals surface area contributed by atoms with E-state index < -0.39 is 0 Å². The summed E-state index contributed by atoms with van der Waals surface area (Å²) in [5, 5.41) is 4.34. The molecule has 0 radical (unpaired) electrons. The van der Waals surface area contributed by atoms with Gasteiger partial charge in [-0.2, -0.15) is 5.10 Å². The van der Waals surface area contributed by atoms with Crippen LogP contribution in [0.1, 0.15) is 29.3 Å². The smallest absolute Gasteiger partial charge is 0.272 e. The molecule has 1 amide bonds. The molecule has 0 atom stereocenters. The molecule has 0 aliphatic heterocycles. The Balaban J connectivity index is 2.06. The number of amides is 1. The van der Waals surface area contributed by atoms with Gasteiger partial charge in [0.2, 0.25) is 0 Å². The molecule has 126 valence electrons. The van der Waals surface area contributed by atoms with Crippen LogP contribution in [0.15, 0.2) is 47.6 Å². The monoisotopic (exact) mass is 346 g/mol. The van der Waals surface area contributed by atoms with Crippen molar-refractivity contribution in [3.8, 4) is 11.5 Å². The molecule has 0 aliphatic carbocycles. The number of hydrazone groups is 1. The molecule has 0 heterocycles. The van der Waals surface area contributed by atoms with Gasteiger partial charge in [0, 0.05) is 0 Å². The van der Waals surface area contributed by atoms with E-state index in [0.717, 1.165) is 12.0 Å². The van der Waals surface area contributed by atoms with Crippen molar-refractivity contribution in [2.24, 2.45) is 5.10 Å². The minimum absolute atomic E-state index is 0.368. The van der Waals surface area contributed by atoms with Gasteiger partial charge in [0.05, 0.1) is 30.5 Å². The van der Waals surface area contributed by atoms with Gasteiger partial charge < -0.3 is 9.47 Å². The third kappa shape index (κ3) is 4.73. The molecule has 0 unspecified atom stereocenters. The van der Waals surface area contributed by atoms with Crippen molar-refractivity contribution >= 4 is 23.7 Å². The fourth-order valence-corrected chi connectivity index (χ4v) is 2.19. The van der Waals surface area contributed by atoms with Crippen LogP contribution >= 0.6 is 11.6 Å². The third-order valence-electron chi connectivity index (χ3n) is 3.15. The summed E-state index contributed by atoms with van der Waals surface area (Å²) in [4.78, 5) is 12.0. The van der Waals surface area contributed by atoms with Crippen LogP contribution in [-0.4, -0.2) is 25.8 Å². The number of benzene rings is 2. The molecule has 0 aromatic heterocycles. The summed E-state index contributed by atoms with van der Waals surface area (Å²) in [6, 6.07) is 12.2. The van der Waals surface area contributed by atoms with Crippen molar-refractivity contribution in [1.82, 2.24) is 5.43 Å². The van der Waals surface area contributed by atoms with Gasteiger partial charge in [-0.3, -0.25) is 4.79 Å². The van der Waals surface area contributed by atoms with Gasteiger partial charge in [-0.1, -0.05) is 30.7 Å². The second kappa shape index (κ2) is 8.93. The maximum absolute atomic E-state index is 12.0. The maximum atomic E-state index is 12.0. The molecule has 6 heteroatoms. The van der Waals surface area contributed by atoms with E-state index in [2.05, 4.69) is 10.5 Å². The quantitative estimate of drug-likeness (QED) is 0.611. The summed E-state index contributed by atoms with van der Waals surface area (Å²) in [6.07, 6.45) is 2.43. The predicted octanol–water partition coefficient (Wildman–Crippen LogP) is 3.90. The number of nitrogens with one attached hydrogen (secondary N) is 1. The zero-order chi connectivity index (χ0) is 17.4. The Morgan fingerprint density at radius 1 is 1.25 bits per heavy atom. The molecule has 0 bridgehead atoms. The lowest BCUT2D eigenvalue weighted by molar-refractivity contribution is 0.0955. The Morgan fingerprint density at radius 2 is 2.04 bits per heavy atom. The summed E-state index contributed by atoms with van der Waals surface area (Å²) in [7, 11) is 1.59. The number of nitrogens with zero attached hydrogens (tertiary/aromatic N) is 1. The van der Waals surface area contributed by atoms with Crippen molar-refractivity contribution < 1.29 is 14.3 Å². The molecule has 2 aromatic rings. The number of carbonyl (C=O) groups excluding carboxylic acids is 1. The molecule has 2 rings (SSSR count). The molecular formula is C18H19ClN2O3. The zero-order valence-electron chi connectivity index (χ0n) is 13.6. The highest BCUT2D eigenvalue weighted by Gasteiger charge is 2.08. The van der Waals surface area contributed by atoms with Gasteiger partial charge in [0.15, 0.2) is 11.5 Å². The molecule has 2 aromatic carbocycles. The van der Waals surface area contributed by atoms with Crippen molar-refractivity contribution in [2.75, 3.05) is 13.7 Å². The normalized spacial score (nSPS) is 10.6. The third-order valence-corrected chi connectivity index (χ3v) is 3.48. The minimum atomic E-state index is -0.368. The van der Waals surface area contributed by atoms with Crippen LogP contribution in [-0.2, 0) is 0 Å². The molecule has 0 saturated carbocycles.